The molecule has 1 aromatic heterocycles. The highest BCUT2D eigenvalue weighted by molar-refractivity contribution is 7.99. The van der Waals surface area contributed by atoms with Gasteiger partial charge in [0.1, 0.15) is 0 Å². The fourth-order valence-corrected chi connectivity index (χ4v) is 4.06. The Kier molecular flexibility index (Phi) is 6.15. The molecule has 1 fully saturated rings. The average Bonchev–Trinajstić information content (AvgIpc) is 2.48. The summed E-state index contributed by atoms with van der Waals surface area (Å²) >= 11 is 1.60. The van der Waals surface area contributed by atoms with E-state index in [4.69, 9.17) is 0 Å². The van der Waals surface area contributed by atoms with Crippen molar-refractivity contribution in [1.82, 2.24) is 9.55 Å². The molecule has 4 nitrogen and oxygen atoms in total. The Morgan fingerprint density at radius 1 is 1.29 bits per heavy atom. The summed E-state index contributed by atoms with van der Waals surface area (Å²) in [6, 6.07) is 0.258. The van der Waals surface area contributed by atoms with Gasteiger partial charge in [0.05, 0.1) is 5.56 Å². The fourth-order valence-electron chi connectivity index (χ4n) is 2.92. The Labute approximate surface area is 131 Å². The molecule has 1 aliphatic carbocycles. The van der Waals surface area contributed by atoms with Gasteiger partial charge in [-0.1, -0.05) is 51.3 Å². The number of hydrogen-bond acceptors (Lipinski definition) is 4. The Morgan fingerprint density at radius 2 is 2.00 bits per heavy atom. The van der Waals surface area contributed by atoms with Crippen molar-refractivity contribution < 1.29 is 5.11 Å². The van der Waals surface area contributed by atoms with Gasteiger partial charge in [0.15, 0.2) is 5.16 Å². The molecule has 0 radical (unpaired) electrons. The van der Waals surface area contributed by atoms with Crippen LogP contribution in [0.15, 0.2) is 9.95 Å². The van der Waals surface area contributed by atoms with E-state index in [1.54, 1.807) is 11.8 Å². The summed E-state index contributed by atoms with van der Waals surface area (Å²) < 4.78 is 1.87. The van der Waals surface area contributed by atoms with Crippen molar-refractivity contribution in [3.63, 3.8) is 0 Å². The maximum absolute atomic E-state index is 12.7. The summed E-state index contributed by atoms with van der Waals surface area (Å²) in [5.74, 6) is 0.870. The van der Waals surface area contributed by atoms with Crippen LogP contribution in [0.3, 0.4) is 0 Å². The largest absolute Gasteiger partial charge is 0.493 e. The minimum Gasteiger partial charge on any atom is -0.493 e. The van der Waals surface area contributed by atoms with Gasteiger partial charge in [0.25, 0.3) is 5.56 Å². The fraction of sp³-hybridized carbons (Fsp3) is 0.750. The first kappa shape index (κ1) is 16.4. The van der Waals surface area contributed by atoms with Crippen LogP contribution in [-0.4, -0.2) is 20.4 Å². The second kappa shape index (κ2) is 7.87. The highest BCUT2D eigenvalue weighted by Gasteiger charge is 2.23. The van der Waals surface area contributed by atoms with E-state index in [1.807, 2.05) is 11.5 Å². The van der Waals surface area contributed by atoms with E-state index in [2.05, 4.69) is 11.9 Å². The predicted molar refractivity (Wildman–Crippen MR) is 87.3 cm³/mol. The number of thioether (sulfide) groups is 1. The van der Waals surface area contributed by atoms with Gasteiger partial charge in [0.2, 0.25) is 5.88 Å². The van der Waals surface area contributed by atoms with E-state index in [-0.39, 0.29) is 17.5 Å². The van der Waals surface area contributed by atoms with Gasteiger partial charge < -0.3 is 5.11 Å². The minimum absolute atomic E-state index is 0.0316. The lowest BCUT2D eigenvalue weighted by Gasteiger charge is -2.26. The van der Waals surface area contributed by atoms with Crippen molar-refractivity contribution in [2.24, 2.45) is 0 Å². The van der Waals surface area contributed by atoms with Gasteiger partial charge in [-0.3, -0.25) is 9.36 Å². The molecule has 0 spiro atoms. The number of rotatable bonds is 6. The smallest absolute Gasteiger partial charge is 0.261 e. The Balaban J connectivity index is 2.38. The lowest BCUT2D eigenvalue weighted by molar-refractivity contribution is 0.315. The third-order valence-corrected chi connectivity index (χ3v) is 5.22. The van der Waals surface area contributed by atoms with Crippen molar-refractivity contribution in [2.75, 3.05) is 5.75 Å². The van der Waals surface area contributed by atoms with Crippen LogP contribution in [0.2, 0.25) is 0 Å². The van der Waals surface area contributed by atoms with Crippen LogP contribution in [0.25, 0.3) is 0 Å². The first-order chi connectivity index (χ1) is 10.2. The third-order valence-electron chi connectivity index (χ3n) is 4.18. The number of aromatic nitrogens is 2. The van der Waals surface area contributed by atoms with Crippen LogP contribution >= 0.6 is 11.8 Å². The Hall–Kier alpha value is -0.970. The second-order valence-electron chi connectivity index (χ2n) is 5.72. The Morgan fingerprint density at radius 3 is 2.62 bits per heavy atom. The van der Waals surface area contributed by atoms with Crippen molar-refractivity contribution in [1.29, 1.82) is 0 Å². The molecule has 0 saturated heterocycles. The maximum atomic E-state index is 12.7. The third kappa shape index (κ3) is 3.82. The van der Waals surface area contributed by atoms with E-state index in [0.717, 1.165) is 31.4 Å². The molecule has 0 amide bonds. The molecule has 118 valence electrons. The highest BCUT2D eigenvalue weighted by Crippen LogP contribution is 2.31. The second-order valence-corrected chi connectivity index (χ2v) is 6.78. The molecule has 0 aliphatic heterocycles. The SMILES string of the molecule is CCCCSc1nc(O)c(CC)c(=O)n1C1CCCCC1. The molecule has 1 aromatic rings. The van der Waals surface area contributed by atoms with Gasteiger partial charge in [0, 0.05) is 11.8 Å². The lowest BCUT2D eigenvalue weighted by Crippen LogP contribution is -2.31. The molecule has 0 aromatic carbocycles. The zero-order chi connectivity index (χ0) is 15.2. The van der Waals surface area contributed by atoms with Crippen LogP contribution in [0.4, 0.5) is 0 Å². The van der Waals surface area contributed by atoms with Crippen LogP contribution in [0.5, 0.6) is 5.88 Å². The first-order valence-electron chi connectivity index (χ1n) is 8.16. The van der Waals surface area contributed by atoms with Crippen molar-refractivity contribution in [2.45, 2.75) is 76.4 Å². The molecular weight excluding hydrogens is 284 g/mol. The quantitative estimate of drug-likeness (QED) is 0.492. The average molecular weight is 310 g/mol. The maximum Gasteiger partial charge on any atom is 0.261 e. The molecule has 1 heterocycles. The number of hydrogen-bond donors (Lipinski definition) is 1. The Bertz CT molecular complexity index is 522. The van der Waals surface area contributed by atoms with Gasteiger partial charge in [-0.25, -0.2) is 0 Å². The summed E-state index contributed by atoms with van der Waals surface area (Å²) in [5.41, 5.74) is 0.427. The molecule has 5 heteroatoms. The monoisotopic (exact) mass is 310 g/mol. The van der Waals surface area contributed by atoms with Crippen LogP contribution in [0, 0.1) is 0 Å². The van der Waals surface area contributed by atoms with E-state index in [9.17, 15) is 9.90 Å². The van der Waals surface area contributed by atoms with E-state index < -0.39 is 0 Å². The number of unbranched alkanes of at least 4 members (excludes halogenated alkanes) is 1. The topological polar surface area (TPSA) is 55.1 Å². The number of nitrogens with zero attached hydrogens (tertiary/aromatic N) is 2. The molecule has 1 saturated carbocycles. The van der Waals surface area contributed by atoms with Crippen molar-refractivity contribution in [3.8, 4) is 5.88 Å². The summed E-state index contributed by atoms with van der Waals surface area (Å²) in [4.78, 5) is 17.1. The molecule has 1 aliphatic rings. The van der Waals surface area contributed by atoms with Gasteiger partial charge in [-0.15, -0.1) is 0 Å². The lowest BCUT2D eigenvalue weighted by atomic mass is 9.95. The summed E-state index contributed by atoms with van der Waals surface area (Å²) in [5, 5.41) is 10.7. The predicted octanol–water partition coefficient (Wildman–Crippen LogP) is 3.91. The van der Waals surface area contributed by atoms with Crippen molar-refractivity contribution >= 4 is 11.8 Å². The molecule has 21 heavy (non-hydrogen) atoms. The molecule has 1 N–H and O–H groups in total. The van der Waals surface area contributed by atoms with E-state index >= 15 is 0 Å². The zero-order valence-corrected chi connectivity index (χ0v) is 13.9. The standard InChI is InChI=1S/C16H26N2O2S/c1-3-5-11-21-16-17-14(19)13(4-2)15(20)18(16)12-9-7-6-8-10-12/h12,19H,3-11H2,1-2H3. The highest BCUT2D eigenvalue weighted by atomic mass is 32.2. The molecule has 0 unspecified atom stereocenters. The molecule has 2 rings (SSSR count). The number of aromatic hydroxyl groups is 1. The van der Waals surface area contributed by atoms with Gasteiger partial charge in [-0.2, -0.15) is 4.98 Å². The van der Waals surface area contributed by atoms with Crippen LogP contribution in [-0.2, 0) is 6.42 Å². The summed E-state index contributed by atoms with van der Waals surface area (Å²) in [6.07, 6.45) is 8.48. The molecule has 0 bridgehead atoms. The normalized spacial score (nSPS) is 16.3. The van der Waals surface area contributed by atoms with Crippen LogP contribution < -0.4 is 5.56 Å². The van der Waals surface area contributed by atoms with Gasteiger partial charge >= 0.3 is 0 Å². The summed E-state index contributed by atoms with van der Waals surface area (Å²) in [7, 11) is 0. The minimum atomic E-state index is -0.0754. The van der Waals surface area contributed by atoms with Crippen LogP contribution in [0.1, 0.15) is 70.4 Å². The van der Waals surface area contributed by atoms with Gasteiger partial charge in [-0.05, 0) is 25.7 Å². The van der Waals surface area contributed by atoms with E-state index in [1.165, 1.54) is 19.3 Å². The summed E-state index contributed by atoms with van der Waals surface area (Å²) in [6.45, 7) is 4.05. The van der Waals surface area contributed by atoms with E-state index in [0.29, 0.717) is 17.1 Å². The molecular formula is C16H26N2O2S. The zero-order valence-electron chi connectivity index (χ0n) is 13.1. The van der Waals surface area contributed by atoms with Crippen molar-refractivity contribution in [3.05, 3.63) is 15.9 Å². The molecule has 0 atom stereocenters. The first-order valence-corrected chi connectivity index (χ1v) is 9.14.